The Hall–Kier alpha value is -3.83. The van der Waals surface area contributed by atoms with Crippen LogP contribution in [0.15, 0.2) is 52.2 Å². The number of ether oxygens (including phenoxy) is 1. The summed E-state index contributed by atoms with van der Waals surface area (Å²) in [4.78, 5) is 41.2. The van der Waals surface area contributed by atoms with Gasteiger partial charge in [0, 0.05) is 52.7 Å². The molecule has 0 spiro atoms. The first-order chi connectivity index (χ1) is 22.0. The van der Waals surface area contributed by atoms with Crippen LogP contribution in [0.5, 0.6) is 0 Å². The van der Waals surface area contributed by atoms with Gasteiger partial charge in [-0.2, -0.15) is 4.98 Å². The molecule has 250 valence electrons. The highest BCUT2D eigenvalue weighted by Crippen LogP contribution is 2.37. The highest BCUT2D eigenvalue weighted by Gasteiger charge is 2.36. The fourth-order valence-electron chi connectivity index (χ4n) is 6.05. The summed E-state index contributed by atoms with van der Waals surface area (Å²) in [6.45, 7) is 15.9. The summed E-state index contributed by atoms with van der Waals surface area (Å²) in [7, 11) is -1.25. The molecule has 1 saturated heterocycles. The highest BCUT2D eigenvalue weighted by atomic mass is 35.5. The van der Waals surface area contributed by atoms with Crippen LogP contribution in [0.4, 0.5) is 15.0 Å². The van der Waals surface area contributed by atoms with Gasteiger partial charge in [-0.05, 0) is 88.9 Å². The minimum atomic E-state index is -1.25. The van der Waals surface area contributed by atoms with Gasteiger partial charge in [0.25, 0.3) is 0 Å². The lowest BCUT2D eigenvalue weighted by atomic mass is 9.97. The molecule has 1 fully saturated rings. The summed E-state index contributed by atoms with van der Waals surface area (Å²) in [6, 6.07) is 11.0. The van der Waals surface area contributed by atoms with Gasteiger partial charge in [-0.25, -0.2) is 23.5 Å². The van der Waals surface area contributed by atoms with E-state index in [1.807, 2.05) is 66.4 Å². The number of aryl methyl sites for hydroxylation is 1. The monoisotopic (exact) mass is 681 g/mol. The van der Waals surface area contributed by atoms with E-state index in [1.54, 1.807) is 41.5 Å². The van der Waals surface area contributed by atoms with Crippen LogP contribution in [-0.2, 0) is 15.5 Å². The first-order valence-corrected chi connectivity index (χ1v) is 17.5. The number of fused-ring (bicyclic) bond motifs is 1. The number of halogens is 2. The number of amides is 1. The van der Waals surface area contributed by atoms with E-state index in [9.17, 15) is 13.8 Å². The number of rotatable bonds is 5. The highest BCUT2D eigenvalue weighted by molar-refractivity contribution is 7.84. The SMILES string of the molecule is Cc1cc(S(C)=O)cc(C(C)C)c1-n1c(=O)nc(N2C[C@@H](C)N(C(=O)OC(C)(C)C)C[C@@H]2C)c2cc(Cl)c(-c3ccccc3F)nc21. The molecule has 3 heterocycles. The van der Waals surface area contributed by atoms with Crippen molar-refractivity contribution >= 4 is 45.3 Å². The van der Waals surface area contributed by atoms with Crippen molar-refractivity contribution in [3.05, 3.63) is 74.9 Å². The maximum Gasteiger partial charge on any atom is 0.410 e. The van der Waals surface area contributed by atoms with Gasteiger partial charge >= 0.3 is 11.8 Å². The molecule has 2 aromatic carbocycles. The summed E-state index contributed by atoms with van der Waals surface area (Å²) in [5, 5.41) is 0.693. The summed E-state index contributed by atoms with van der Waals surface area (Å²) in [5.74, 6) is -0.179. The van der Waals surface area contributed by atoms with Crippen molar-refractivity contribution in [3.63, 3.8) is 0 Å². The zero-order chi connectivity index (χ0) is 34.5. The van der Waals surface area contributed by atoms with E-state index in [0.717, 1.165) is 11.1 Å². The second kappa shape index (κ2) is 13.0. The molecule has 3 atom stereocenters. The summed E-state index contributed by atoms with van der Waals surface area (Å²) in [6.07, 6.45) is 1.21. The quantitative estimate of drug-likeness (QED) is 0.219. The number of carbonyl (C=O) groups excluding carboxylic acids is 1. The van der Waals surface area contributed by atoms with E-state index < -0.39 is 34.0 Å². The van der Waals surface area contributed by atoms with Crippen LogP contribution >= 0.6 is 11.6 Å². The Morgan fingerprint density at radius 2 is 1.77 bits per heavy atom. The molecule has 9 nitrogen and oxygen atoms in total. The van der Waals surface area contributed by atoms with Gasteiger partial charge in [-0.1, -0.05) is 37.6 Å². The lowest BCUT2D eigenvalue weighted by molar-refractivity contribution is 0.0130. The van der Waals surface area contributed by atoms with Crippen molar-refractivity contribution in [1.29, 1.82) is 0 Å². The van der Waals surface area contributed by atoms with E-state index >= 15 is 4.39 Å². The van der Waals surface area contributed by atoms with E-state index in [0.29, 0.717) is 34.9 Å². The molecule has 1 aliphatic rings. The topological polar surface area (TPSA) is 97.6 Å². The predicted molar refractivity (Wildman–Crippen MR) is 186 cm³/mol. The Morgan fingerprint density at radius 3 is 2.38 bits per heavy atom. The fraction of sp³-hybridized carbons (Fsp3) is 0.429. The fourth-order valence-corrected chi connectivity index (χ4v) is 6.94. The molecular weight excluding hydrogens is 641 g/mol. The Labute approximate surface area is 282 Å². The first kappa shape index (κ1) is 34.5. The number of anilines is 1. The van der Waals surface area contributed by atoms with Crippen LogP contribution in [0.3, 0.4) is 0 Å². The van der Waals surface area contributed by atoms with Crippen molar-refractivity contribution < 1.29 is 18.1 Å². The summed E-state index contributed by atoms with van der Waals surface area (Å²) >= 11 is 6.85. The number of carbonyl (C=O) groups is 1. The Morgan fingerprint density at radius 1 is 1.09 bits per heavy atom. The maximum atomic E-state index is 15.1. The molecule has 4 aromatic rings. The molecule has 0 N–H and O–H groups in total. The molecule has 0 radical (unpaired) electrons. The summed E-state index contributed by atoms with van der Waals surface area (Å²) in [5.41, 5.74) is 1.51. The molecule has 0 bridgehead atoms. The standard InChI is InChI=1S/C35H41ClFN5O4S/c1-19(2)25-15-23(47(9)45)14-20(3)30(25)42-32-26(16-27(36)29(38-32)24-12-10-11-13-28(24)37)31(39-33(42)43)40-17-22(5)41(18-21(40)4)34(44)46-35(6,7)8/h10-16,19,21-22H,17-18H2,1-9H3/t21-,22+,47?/m0/s1. The van der Waals surface area contributed by atoms with Gasteiger partial charge in [0.1, 0.15) is 17.2 Å². The maximum absolute atomic E-state index is 15.1. The van der Waals surface area contributed by atoms with Gasteiger partial charge in [0.2, 0.25) is 0 Å². The molecule has 47 heavy (non-hydrogen) atoms. The molecule has 12 heteroatoms. The van der Waals surface area contributed by atoms with E-state index in [-0.39, 0.29) is 39.9 Å². The lowest BCUT2D eigenvalue weighted by Gasteiger charge is -2.44. The van der Waals surface area contributed by atoms with Crippen molar-refractivity contribution in [1.82, 2.24) is 19.4 Å². The molecule has 1 amide bonds. The van der Waals surface area contributed by atoms with E-state index in [1.165, 1.54) is 10.6 Å². The third-order valence-corrected chi connectivity index (χ3v) is 9.49. The predicted octanol–water partition coefficient (Wildman–Crippen LogP) is 7.24. The molecule has 2 aromatic heterocycles. The number of aromatic nitrogens is 3. The molecule has 5 rings (SSSR count). The third-order valence-electron chi connectivity index (χ3n) is 8.30. The number of benzene rings is 2. The zero-order valence-corrected chi connectivity index (χ0v) is 29.8. The lowest BCUT2D eigenvalue weighted by Crippen LogP contribution is -2.59. The van der Waals surface area contributed by atoms with Crippen LogP contribution in [0.2, 0.25) is 5.02 Å². The summed E-state index contributed by atoms with van der Waals surface area (Å²) < 4.78 is 34.7. The molecular formula is C35H41ClFN5O4S. The minimum absolute atomic E-state index is 0.0473. The molecule has 0 saturated carbocycles. The van der Waals surface area contributed by atoms with Crippen LogP contribution < -0.4 is 10.6 Å². The zero-order valence-electron chi connectivity index (χ0n) is 28.2. The Bertz CT molecular complexity index is 1960. The van der Waals surface area contributed by atoms with Crippen LogP contribution in [0, 0.1) is 12.7 Å². The van der Waals surface area contributed by atoms with Crippen molar-refractivity contribution in [2.24, 2.45) is 0 Å². The molecule has 0 aliphatic carbocycles. The number of hydrogen-bond acceptors (Lipinski definition) is 7. The minimum Gasteiger partial charge on any atom is -0.444 e. The van der Waals surface area contributed by atoms with Crippen LogP contribution in [-0.4, -0.2) is 66.8 Å². The van der Waals surface area contributed by atoms with Crippen molar-refractivity contribution in [2.75, 3.05) is 24.2 Å². The van der Waals surface area contributed by atoms with Crippen LogP contribution in [0.1, 0.15) is 65.5 Å². The third kappa shape index (κ3) is 6.78. The average molecular weight is 682 g/mol. The van der Waals surface area contributed by atoms with Gasteiger partial charge in [-0.15, -0.1) is 0 Å². The normalized spacial score (nSPS) is 17.8. The number of nitrogens with zero attached hydrogens (tertiary/aromatic N) is 5. The Kier molecular flexibility index (Phi) is 9.54. The second-order valence-corrected chi connectivity index (χ2v) is 15.3. The number of piperazine rings is 1. The van der Waals surface area contributed by atoms with E-state index in [4.69, 9.17) is 21.3 Å². The number of hydrogen-bond donors (Lipinski definition) is 0. The first-order valence-electron chi connectivity index (χ1n) is 15.6. The van der Waals surface area contributed by atoms with E-state index in [2.05, 4.69) is 4.98 Å². The van der Waals surface area contributed by atoms with Crippen molar-refractivity contribution in [3.8, 4) is 16.9 Å². The van der Waals surface area contributed by atoms with Gasteiger partial charge in [-0.3, -0.25) is 4.21 Å². The Balaban J connectivity index is 1.77. The van der Waals surface area contributed by atoms with Crippen molar-refractivity contribution in [2.45, 2.75) is 83.9 Å². The second-order valence-electron chi connectivity index (χ2n) is 13.5. The van der Waals surface area contributed by atoms with Gasteiger partial charge < -0.3 is 14.5 Å². The van der Waals surface area contributed by atoms with Crippen LogP contribution in [0.25, 0.3) is 28.0 Å². The van der Waals surface area contributed by atoms with Gasteiger partial charge in [0.05, 0.1) is 21.8 Å². The van der Waals surface area contributed by atoms with Gasteiger partial charge in [0.15, 0.2) is 5.65 Å². The number of pyridine rings is 1. The largest absolute Gasteiger partial charge is 0.444 e. The average Bonchev–Trinajstić information content (AvgIpc) is 2.97. The molecule has 1 aliphatic heterocycles. The smallest absolute Gasteiger partial charge is 0.410 e. The molecule has 1 unspecified atom stereocenters.